The molecule has 28 heavy (non-hydrogen) atoms. The number of nitrogens with one attached hydrogen (secondary N) is 1. The van der Waals surface area contributed by atoms with E-state index in [4.69, 9.17) is 4.98 Å². The first-order chi connectivity index (χ1) is 13.7. The number of anilines is 1. The van der Waals surface area contributed by atoms with Gasteiger partial charge in [-0.1, -0.05) is 6.92 Å². The number of fused-ring (bicyclic) bond motifs is 3. The molecule has 2 atom stereocenters. The first-order valence-electron chi connectivity index (χ1n) is 10.5. The van der Waals surface area contributed by atoms with Gasteiger partial charge in [0.1, 0.15) is 11.3 Å². The number of pyridine rings is 1. The van der Waals surface area contributed by atoms with Gasteiger partial charge in [-0.3, -0.25) is 9.58 Å². The zero-order valence-corrected chi connectivity index (χ0v) is 16.5. The molecule has 2 aliphatic heterocycles. The maximum atomic E-state index is 4.91. The predicted molar refractivity (Wildman–Crippen MR) is 109 cm³/mol. The van der Waals surface area contributed by atoms with Gasteiger partial charge in [0.05, 0.1) is 17.4 Å². The summed E-state index contributed by atoms with van der Waals surface area (Å²) in [6.45, 7) is 4.60. The molecule has 7 nitrogen and oxygen atoms in total. The highest BCUT2D eigenvalue weighted by Gasteiger charge is 2.46. The Morgan fingerprint density at radius 2 is 1.89 bits per heavy atom. The first-order valence-corrected chi connectivity index (χ1v) is 10.5. The van der Waals surface area contributed by atoms with Crippen LogP contribution in [-0.4, -0.2) is 60.8 Å². The first kappa shape index (κ1) is 16.5. The molecule has 0 spiro atoms. The van der Waals surface area contributed by atoms with E-state index in [2.05, 4.69) is 37.9 Å². The summed E-state index contributed by atoms with van der Waals surface area (Å²) in [7, 11) is 1.92. The summed E-state index contributed by atoms with van der Waals surface area (Å²) in [6.07, 6.45) is 11.2. The lowest BCUT2D eigenvalue weighted by Crippen LogP contribution is -2.59. The van der Waals surface area contributed by atoms with E-state index in [1.54, 1.807) is 4.68 Å². The van der Waals surface area contributed by atoms with Gasteiger partial charge in [0.25, 0.3) is 0 Å². The molecule has 2 unspecified atom stereocenters. The Morgan fingerprint density at radius 3 is 2.57 bits per heavy atom. The Hall–Kier alpha value is -2.41. The van der Waals surface area contributed by atoms with Gasteiger partial charge >= 0.3 is 0 Å². The van der Waals surface area contributed by atoms with E-state index in [0.29, 0.717) is 12.1 Å². The number of H-pyrrole nitrogens is 1. The predicted octanol–water partition coefficient (Wildman–Crippen LogP) is 2.81. The fraction of sp³-hybridized carbons (Fsp3) is 0.571. The SMILES string of the molecule is Cn1cc(-c2nc3c(N4CC5CCC(C4)N5[C@H]4C[C@H](C)C4)ccnc3[nH]2)cn1. The minimum absolute atomic E-state index is 0.691. The minimum Gasteiger partial charge on any atom is -0.366 e. The average Bonchev–Trinajstić information content (AvgIpc) is 3.34. The molecule has 3 aliphatic rings. The van der Waals surface area contributed by atoms with Crippen molar-refractivity contribution in [3.8, 4) is 11.4 Å². The molecule has 3 fully saturated rings. The van der Waals surface area contributed by atoms with Crippen molar-refractivity contribution in [2.75, 3.05) is 18.0 Å². The summed E-state index contributed by atoms with van der Waals surface area (Å²) >= 11 is 0. The van der Waals surface area contributed by atoms with Crippen LogP contribution in [0.4, 0.5) is 5.69 Å². The van der Waals surface area contributed by atoms with Crippen molar-refractivity contribution in [2.45, 2.75) is 50.7 Å². The van der Waals surface area contributed by atoms with E-state index in [9.17, 15) is 0 Å². The Bertz CT molecular complexity index is 1000. The molecule has 1 N–H and O–H groups in total. The molecule has 0 amide bonds. The van der Waals surface area contributed by atoms with E-state index in [0.717, 1.165) is 47.6 Å². The lowest BCUT2D eigenvalue weighted by molar-refractivity contribution is 0.0341. The highest BCUT2D eigenvalue weighted by atomic mass is 15.3. The molecule has 1 saturated carbocycles. The van der Waals surface area contributed by atoms with Crippen LogP contribution >= 0.6 is 0 Å². The molecule has 7 heteroatoms. The van der Waals surface area contributed by atoms with Gasteiger partial charge in [-0.25, -0.2) is 9.97 Å². The lowest BCUT2D eigenvalue weighted by atomic mass is 9.80. The van der Waals surface area contributed by atoms with Crippen LogP contribution in [0.2, 0.25) is 0 Å². The smallest absolute Gasteiger partial charge is 0.159 e. The van der Waals surface area contributed by atoms with Gasteiger partial charge < -0.3 is 9.88 Å². The molecule has 2 bridgehead atoms. The second-order valence-electron chi connectivity index (χ2n) is 8.98. The van der Waals surface area contributed by atoms with Crippen LogP contribution in [0.25, 0.3) is 22.6 Å². The van der Waals surface area contributed by atoms with Crippen molar-refractivity contribution < 1.29 is 0 Å². The van der Waals surface area contributed by atoms with Gasteiger partial charge in [0.2, 0.25) is 0 Å². The molecule has 0 aromatic carbocycles. The average molecular weight is 377 g/mol. The number of rotatable bonds is 3. The molecule has 3 aromatic rings. The minimum atomic E-state index is 0.691. The van der Waals surface area contributed by atoms with E-state index in [-0.39, 0.29) is 0 Å². The number of aromatic amines is 1. The van der Waals surface area contributed by atoms with E-state index >= 15 is 0 Å². The van der Waals surface area contributed by atoms with Gasteiger partial charge in [-0.15, -0.1) is 0 Å². The summed E-state index contributed by atoms with van der Waals surface area (Å²) in [4.78, 5) is 18.2. The van der Waals surface area contributed by atoms with Crippen LogP contribution in [0.3, 0.4) is 0 Å². The van der Waals surface area contributed by atoms with Gasteiger partial charge in [0, 0.05) is 50.7 Å². The second kappa shape index (κ2) is 6.04. The Labute approximate surface area is 164 Å². The molecule has 2 saturated heterocycles. The summed E-state index contributed by atoms with van der Waals surface area (Å²) in [5.74, 6) is 1.75. The third kappa shape index (κ3) is 2.49. The highest BCUT2D eigenvalue weighted by Crippen LogP contribution is 2.42. The van der Waals surface area contributed by atoms with E-state index in [1.165, 1.54) is 31.4 Å². The van der Waals surface area contributed by atoms with Crippen LogP contribution in [0, 0.1) is 5.92 Å². The second-order valence-corrected chi connectivity index (χ2v) is 8.98. The molecule has 0 radical (unpaired) electrons. The Kier molecular flexibility index (Phi) is 3.57. The van der Waals surface area contributed by atoms with Gasteiger partial charge in [0.15, 0.2) is 5.65 Å². The van der Waals surface area contributed by atoms with Gasteiger partial charge in [-0.05, 0) is 37.7 Å². The molecular weight excluding hydrogens is 350 g/mol. The molecule has 3 aromatic heterocycles. The van der Waals surface area contributed by atoms with Crippen molar-refractivity contribution >= 4 is 16.9 Å². The number of aryl methyl sites for hydroxylation is 1. The van der Waals surface area contributed by atoms with Crippen LogP contribution in [0.5, 0.6) is 0 Å². The highest BCUT2D eigenvalue weighted by molar-refractivity contribution is 5.88. The quantitative estimate of drug-likeness (QED) is 0.760. The zero-order valence-electron chi connectivity index (χ0n) is 16.5. The maximum absolute atomic E-state index is 4.91. The van der Waals surface area contributed by atoms with E-state index < -0.39 is 0 Å². The standard InChI is InChI=1S/C21H27N7/c1-13-7-17(8-13)28-15-3-4-16(28)12-27(11-15)18-5-6-22-21-19(18)24-20(25-21)14-9-23-26(2)10-14/h5-6,9-10,13,15-17H,3-4,7-8,11-12H2,1-2H3,(H,22,24,25)/t13-,15?,16?,17-. The monoisotopic (exact) mass is 377 g/mol. The molecular formula is C21H27N7. The number of nitrogens with zero attached hydrogens (tertiary/aromatic N) is 6. The molecule has 6 rings (SSSR count). The summed E-state index contributed by atoms with van der Waals surface area (Å²) in [5, 5.41) is 4.27. The number of hydrogen-bond acceptors (Lipinski definition) is 5. The third-order valence-electron chi connectivity index (χ3n) is 6.99. The topological polar surface area (TPSA) is 65.9 Å². The van der Waals surface area contributed by atoms with E-state index in [1.807, 2.05) is 25.6 Å². The van der Waals surface area contributed by atoms with Crippen LogP contribution in [0.1, 0.15) is 32.6 Å². The zero-order chi connectivity index (χ0) is 18.8. The summed E-state index contributed by atoms with van der Waals surface area (Å²) in [5.41, 5.74) is 4.05. The number of imidazole rings is 1. The summed E-state index contributed by atoms with van der Waals surface area (Å²) in [6, 6.07) is 4.35. The fourth-order valence-corrected chi connectivity index (χ4v) is 5.66. The lowest BCUT2D eigenvalue weighted by Gasteiger charge is -2.50. The normalized spacial score (nSPS) is 30.1. The number of hydrogen-bond donors (Lipinski definition) is 1. The maximum Gasteiger partial charge on any atom is 0.159 e. The van der Waals surface area contributed by atoms with Crippen molar-refractivity contribution in [1.82, 2.24) is 29.6 Å². The van der Waals surface area contributed by atoms with Crippen LogP contribution in [0.15, 0.2) is 24.7 Å². The number of aromatic nitrogens is 5. The fourth-order valence-electron chi connectivity index (χ4n) is 5.66. The van der Waals surface area contributed by atoms with Crippen LogP contribution < -0.4 is 4.90 Å². The summed E-state index contributed by atoms with van der Waals surface area (Å²) < 4.78 is 1.80. The van der Waals surface area contributed by atoms with Crippen LogP contribution in [-0.2, 0) is 7.05 Å². The van der Waals surface area contributed by atoms with Crippen molar-refractivity contribution in [1.29, 1.82) is 0 Å². The molecule has 1 aliphatic carbocycles. The third-order valence-corrected chi connectivity index (χ3v) is 6.99. The number of piperazine rings is 1. The molecule has 146 valence electrons. The largest absolute Gasteiger partial charge is 0.366 e. The Balaban J connectivity index is 1.31. The van der Waals surface area contributed by atoms with Crippen molar-refractivity contribution in [3.05, 3.63) is 24.7 Å². The molecule has 5 heterocycles. The van der Waals surface area contributed by atoms with Crippen molar-refractivity contribution in [2.24, 2.45) is 13.0 Å². The Morgan fingerprint density at radius 1 is 1.11 bits per heavy atom. The van der Waals surface area contributed by atoms with Crippen molar-refractivity contribution in [3.63, 3.8) is 0 Å². The van der Waals surface area contributed by atoms with Gasteiger partial charge in [-0.2, -0.15) is 5.10 Å².